The average Bonchev–Trinajstić information content (AvgIpc) is 2.37. The van der Waals surface area contributed by atoms with Crippen LogP contribution >= 0.6 is 50.7 Å². The van der Waals surface area contributed by atoms with Crippen molar-refractivity contribution in [2.45, 2.75) is 6.42 Å². The summed E-state index contributed by atoms with van der Waals surface area (Å²) >= 11 is 21.2. The topological polar surface area (TPSA) is 17.1 Å². The molecule has 5 heteroatoms. The largest absolute Gasteiger partial charge is 0.294 e. The van der Waals surface area contributed by atoms with Gasteiger partial charge < -0.3 is 0 Å². The SMILES string of the molecule is O=C(Cc1cc(Cl)ccc1Cl)c1ccc(Br)c(Cl)c1. The molecule has 2 rings (SSSR count). The van der Waals surface area contributed by atoms with Crippen LogP contribution in [0.4, 0.5) is 0 Å². The van der Waals surface area contributed by atoms with Gasteiger partial charge in [0, 0.05) is 26.5 Å². The first kappa shape index (κ1) is 14.9. The Balaban J connectivity index is 2.25. The number of benzene rings is 2. The minimum absolute atomic E-state index is 0.0569. The second-order valence-corrected chi connectivity index (χ2v) is 6.07. The zero-order chi connectivity index (χ0) is 14.0. The van der Waals surface area contributed by atoms with Crippen molar-refractivity contribution >= 4 is 56.5 Å². The summed E-state index contributed by atoms with van der Waals surface area (Å²) in [4.78, 5) is 12.2. The Labute approximate surface area is 134 Å². The van der Waals surface area contributed by atoms with Crippen LogP contribution in [0, 0.1) is 0 Å². The van der Waals surface area contributed by atoms with Gasteiger partial charge >= 0.3 is 0 Å². The zero-order valence-corrected chi connectivity index (χ0v) is 13.4. The van der Waals surface area contributed by atoms with Crippen LogP contribution in [0.5, 0.6) is 0 Å². The van der Waals surface area contributed by atoms with Crippen LogP contribution in [0.15, 0.2) is 40.9 Å². The van der Waals surface area contributed by atoms with Crippen molar-refractivity contribution in [2.24, 2.45) is 0 Å². The molecule has 1 nitrogen and oxygen atoms in total. The molecular formula is C14H8BrCl3O. The summed E-state index contributed by atoms with van der Waals surface area (Å²) < 4.78 is 0.756. The summed E-state index contributed by atoms with van der Waals surface area (Å²) in [5.74, 6) is -0.0569. The Morgan fingerprint density at radius 3 is 2.42 bits per heavy atom. The van der Waals surface area contributed by atoms with E-state index in [1.807, 2.05) is 0 Å². The normalized spacial score (nSPS) is 10.5. The monoisotopic (exact) mass is 376 g/mol. The smallest absolute Gasteiger partial charge is 0.167 e. The number of hydrogen-bond acceptors (Lipinski definition) is 1. The van der Waals surface area contributed by atoms with Crippen LogP contribution in [-0.2, 0) is 6.42 Å². The summed E-state index contributed by atoms with van der Waals surface area (Å²) in [6, 6.07) is 10.2. The molecule has 2 aromatic carbocycles. The van der Waals surface area contributed by atoms with Crippen LogP contribution in [0.2, 0.25) is 15.1 Å². The van der Waals surface area contributed by atoms with E-state index >= 15 is 0 Å². The Kier molecular flexibility index (Phi) is 4.91. The fourth-order valence-corrected chi connectivity index (χ4v) is 2.43. The molecule has 0 heterocycles. The lowest BCUT2D eigenvalue weighted by Gasteiger charge is -2.05. The van der Waals surface area contributed by atoms with E-state index in [-0.39, 0.29) is 12.2 Å². The molecule has 0 spiro atoms. The van der Waals surface area contributed by atoms with Gasteiger partial charge in [-0.25, -0.2) is 0 Å². The Hall–Kier alpha value is -0.540. The fraction of sp³-hybridized carbons (Fsp3) is 0.0714. The molecule has 0 unspecified atom stereocenters. The maximum absolute atomic E-state index is 12.2. The summed E-state index contributed by atoms with van der Waals surface area (Å²) in [6.45, 7) is 0. The predicted molar refractivity (Wildman–Crippen MR) is 83.6 cm³/mol. The van der Waals surface area contributed by atoms with Gasteiger partial charge in [0.05, 0.1) is 5.02 Å². The molecule has 0 bridgehead atoms. The molecule has 98 valence electrons. The van der Waals surface area contributed by atoms with E-state index < -0.39 is 0 Å². The van der Waals surface area contributed by atoms with Gasteiger partial charge in [-0.2, -0.15) is 0 Å². The van der Waals surface area contributed by atoms with E-state index in [0.29, 0.717) is 26.2 Å². The van der Waals surface area contributed by atoms with Gasteiger partial charge in [-0.3, -0.25) is 4.79 Å². The van der Waals surface area contributed by atoms with E-state index in [4.69, 9.17) is 34.8 Å². The molecule has 0 aromatic heterocycles. The van der Waals surface area contributed by atoms with Crippen LogP contribution < -0.4 is 0 Å². The van der Waals surface area contributed by atoms with Gasteiger partial charge in [0.25, 0.3) is 0 Å². The first-order chi connectivity index (χ1) is 8.97. The quantitative estimate of drug-likeness (QED) is 0.614. The Morgan fingerprint density at radius 1 is 1.00 bits per heavy atom. The van der Waals surface area contributed by atoms with E-state index in [1.54, 1.807) is 36.4 Å². The maximum Gasteiger partial charge on any atom is 0.167 e. The standard InChI is InChI=1S/C14H8BrCl3O/c15-11-3-1-8(6-13(11)18)14(19)7-9-5-10(16)2-4-12(9)17/h1-6H,7H2. The highest BCUT2D eigenvalue weighted by atomic mass is 79.9. The summed E-state index contributed by atoms with van der Waals surface area (Å²) in [5.41, 5.74) is 1.25. The van der Waals surface area contributed by atoms with Gasteiger partial charge in [0.15, 0.2) is 5.78 Å². The molecular weight excluding hydrogens is 370 g/mol. The third-order valence-electron chi connectivity index (χ3n) is 2.60. The van der Waals surface area contributed by atoms with E-state index in [1.165, 1.54) is 0 Å². The van der Waals surface area contributed by atoms with Gasteiger partial charge in [-0.05, 0) is 51.8 Å². The molecule has 0 saturated carbocycles. The predicted octanol–water partition coefficient (Wildman–Crippen LogP) is 5.83. The van der Waals surface area contributed by atoms with E-state index in [0.717, 1.165) is 4.47 Å². The minimum atomic E-state index is -0.0569. The highest BCUT2D eigenvalue weighted by Crippen LogP contribution is 2.25. The number of Topliss-reactive ketones (excluding diaryl/α,β-unsaturated/α-hetero) is 1. The lowest BCUT2D eigenvalue weighted by molar-refractivity contribution is 0.0993. The number of ketones is 1. The number of rotatable bonds is 3. The zero-order valence-electron chi connectivity index (χ0n) is 9.59. The molecule has 0 atom stereocenters. The van der Waals surface area contributed by atoms with Gasteiger partial charge in [0.1, 0.15) is 0 Å². The van der Waals surface area contributed by atoms with Crippen molar-refractivity contribution in [3.8, 4) is 0 Å². The molecule has 0 aliphatic rings. The third kappa shape index (κ3) is 3.73. The lowest BCUT2D eigenvalue weighted by atomic mass is 10.0. The van der Waals surface area contributed by atoms with Crippen molar-refractivity contribution in [1.29, 1.82) is 0 Å². The Bertz CT molecular complexity index is 641. The second-order valence-electron chi connectivity index (χ2n) is 3.96. The first-order valence-electron chi connectivity index (χ1n) is 5.39. The van der Waals surface area contributed by atoms with Crippen LogP contribution in [-0.4, -0.2) is 5.78 Å². The summed E-state index contributed by atoms with van der Waals surface area (Å²) in [7, 11) is 0. The molecule has 0 amide bonds. The molecule has 0 saturated heterocycles. The number of carbonyl (C=O) groups excluding carboxylic acids is 1. The van der Waals surface area contributed by atoms with Gasteiger partial charge in [-0.15, -0.1) is 0 Å². The van der Waals surface area contributed by atoms with E-state index in [9.17, 15) is 4.79 Å². The fourth-order valence-electron chi connectivity index (χ4n) is 1.62. The number of carbonyl (C=O) groups is 1. The molecule has 19 heavy (non-hydrogen) atoms. The van der Waals surface area contributed by atoms with Crippen LogP contribution in [0.1, 0.15) is 15.9 Å². The van der Waals surface area contributed by atoms with Crippen molar-refractivity contribution in [3.05, 3.63) is 67.1 Å². The second kappa shape index (κ2) is 6.27. The van der Waals surface area contributed by atoms with Crippen molar-refractivity contribution in [3.63, 3.8) is 0 Å². The molecule has 0 radical (unpaired) electrons. The molecule has 0 aliphatic heterocycles. The van der Waals surface area contributed by atoms with Gasteiger partial charge in [-0.1, -0.05) is 40.9 Å². The molecule has 0 aliphatic carbocycles. The first-order valence-corrected chi connectivity index (χ1v) is 7.32. The van der Waals surface area contributed by atoms with Crippen molar-refractivity contribution in [2.75, 3.05) is 0 Å². The highest BCUT2D eigenvalue weighted by molar-refractivity contribution is 9.10. The maximum atomic E-state index is 12.2. The number of hydrogen-bond donors (Lipinski definition) is 0. The average molecular weight is 378 g/mol. The lowest BCUT2D eigenvalue weighted by Crippen LogP contribution is -2.04. The van der Waals surface area contributed by atoms with Crippen LogP contribution in [0.3, 0.4) is 0 Å². The third-order valence-corrected chi connectivity index (χ3v) is 4.44. The van der Waals surface area contributed by atoms with E-state index in [2.05, 4.69) is 15.9 Å². The Morgan fingerprint density at radius 2 is 1.74 bits per heavy atom. The van der Waals surface area contributed by atoms with Crippen LogP contribution in [0.25, 0.3) is 0 Å². The number of halogens is 4. The molecule has 0 fully saturated rings. The molecule has 0 N–H and O–H groups in total. The highest BCUT2D eigenvalue weighted by Gasteiger charge is 2.11. The summed E-state index contributed by atoms with van der Waals surface area (Å²) in [5, 5.41) is 1.59. The van der Waals surface area contributed by atoms with Crippen molar-refractivity contribution < 1.29 is 4.79 Å². The minimum Gasteiger partial charge on any atom is -0.294 e. The summed E-state index contributed by atoms with van der Waals surface area (Å²) in [6.07, 6.45) is 0.192. The molecule has 2 aromatic rings. The van der Waals surface area contributed by atoms with Crippen molar-refractivity contribution in [1.82, 2.24) is 0 Å². The van der Waals surface area contributed by atoms with Gasteiger partial charge in [0.2, 0.25) is 0 Å².